The molecule has 0 bridgehead atoms. The van der Waals surface area contributed by atoms with Crippen LogP contribution in [0.1, 0.15) is 26.2 Å². The van der Waals surface area contributed by atoms with Crippen molar-refractivity contribution in [1.29, 1.82) is 0 Å². The third kappa shape index (κ3) is 5.80. The van der Waals surface area contributed by atoms with Gasteiger partial charge in [-0.15, -0.1) is 0 Å². The second-order valence-electron chi connectivity index (χ2n) is 4.96. The van der Waals surface area contributed by atoms with E-state index in [1.165, 1.54) is 0 Å². The number of carbonyl (C=O) groups is 1. The molecule has 0 radical (unpaired) electrons. The van der Waals surface area contributed by atoms with Gasteiger partial charge in [-0.2, -0.15) is 0 Å². The number of rotatable bonds is 6. The SMILES string of the molecule is COCCN1CCCN(C(=O)CCC(C)O)CC1. The van der Waals surface area contributed by atoms with Crippen LogP contribution in [-0.2, 0) is 9.53 Å². The van der Waals surface area contributed by atoms with Gasteiger partial charge in [-0.05, 0) is 26.3 Å². The lowest BCUT2D eigenvalue weighted by molar-refractivity contribution is -0.131. The average molecular weight is 258 g/mol. The highest BCUT2D eigenvalue weighted by Gasteiger charge is 2.18. The Morgan fingerprint density at radius 1 is 1.33 bits per heavy atom. The zero-order valence-electron chi connectivity index (χ0n) is 11.6. The molecular weight excluding hydrogens is 232 g/mol. The van der Waals surface area contributed by atoms with E-state index in [0.29, 0.717) is 12.8 Å². The Bertz CT molecular complexity index is 246. The molecule has 18 heavy (non-hydrogen) atoms. The van der Waals surface area contributed by atoms with Crippen molar-refractivity contribution in [3.05, 3.63) is 0 Å². The Morgan fingerprint density at radius 3 is 2.78 bits per heavy atom. The number of nitrogens with zero attached hydrogens (tertiary/aromatic N) is 2. The van der Waals surface area contributed by atoms with Crippen molar-refractivity contribution in [2.75, 3.05) is 46.4 Å². The molecule has 1 aliphatic heterocycles. The van der Waals surface area contributed by atoms with E-state index < -0.39 is 0 Å². The van der Waals surface area contributed by atoms with Crippen LogP contribution in [0.2, 0.25) is 0 Å². The van der Waals surface area contributed by atoms with Crippen LogP contribution in [0.25, 0.3) is 0 Å². The van der Waals surface area contributed by atoms with Crippen molar-refractivity contribution in [3.63, 3.8) is 0 Å². The highest BCUT2D eigenvalue weighted by atomic mass is 16.5. The molecule has 0 saturated carbocycles. The number of carbonyl (C=O) groups excluding carboxylic acids is 1. The summed E-state index contributed by atoms with van der Waals surface area (Å²) in [7, 11) is 1.71. The van der Waals surface area contributed by atoms with E-state index >= 15 is 0 Å². The van der Waals surface area contributed by atoms with Gasteiger partial charge in [0, 0.05) is 39.7 Å². The van der Waals surface area contributed by atoms with Crippen LogP contribution in [-0.4, -0.2) is 73.4 Å². The maximum absolute atomic E-state index is 11.9. The van der Waals surface area contributed by atoms with Gasteiger partial charge < -0.3 is 14.7 Å². The number of hydrogen-bond acceptors (Lipinski definition) is 4. The third-order valence-corrected chi connectivity index (χ3v) is 3.33. The van der Waals surface area contributed by atoms with Gasteiger partial charge in [-0.1, -0.05) is 0 Å². The van der Waals surface area contributed by atoms with Gasteiger partial charge in [0.15, 0.2) is 0 Å². The standard InChI is InChI=1S/C13H26N2O3/c1-12(16)4-5-13(17)15-7-3-6-14(8-9-15)10-11-18-2/h12,16H,3-11H2,1-2H3. The fraction of sp³-hybridized carbons (Fsp3) is 0.923. The van der Waals surface area contributed by atoms with E-state index in [4.69, 9.17) is 4.74 Å². The first-order valence-electron chi connectivity index (χ1n) is 6.80. The van der Waals surface area contributed by atoms with Gasteiger partial charge in [-0.3, -0.25) is 9.69 Å². The predicted octanol–water partition coefficient (Wildman–Crippen LogP) is 0.328. The molecule has 1 heterocycles. The van der Waals surface area contributed by atoms with Gasteiger partial charge in [0.2, 0.25) is 5.91 Å². The van der Waals surface area contributed by atoms with Crippen molar-refractivity contribution < 1.29 is 14.6 Å². The summed E-state index contributed by atoms with van der Waals surface area (Å²) in [5.74, 6) is 0.171. The molecule has 106 valence electrons. The summed E-state index contributed by atoms with van der Waals surface area (Å²) in [5, 5.41) is 9.20. The normalized spacial score (nSPS) is 19.6. The molecule has 1 unspecified atom stereocenters. The van der Waals surface area contributed by atoms with Crippen molar-refractivity contribution >= 4 is 5.91 Å². The number of aliphatic hydroxyl groups excluding tert-OH is 1. The maximum atomic E-state index is 11.9. The fourth-order valence-corrected chi connectivity index (χ4v) is 2.15. The molecule has 1 fully saturated rings. The lowest BCUT2D eigenvalue weighted by Gasteiger charge is -2.22. The van der Waals surface area contributed by atoms with Gasteiger partial charge in [0.1, 0.15) is 0 Å². The topological polar surface area (TPSA) is 53.0 Å². The summed E-state index contributed by atoms with van der Waals surface area (Å²) >= 11 is 0. The van der Waals surface area contributed by atoms with Crippen LogP contribution in [0, 0.1) is 0 Å². The molecule has 1 saturated heterocycles. The Hall–Kier alpha value is -0.650. The summed E-state index contributed by atoms with van der Waals surface area (Å²) in [4.78, 5) is 16.2. The van der Waals surface area contributed by atoms with Crippen LogP contribution >= 0.6 is 0 Å². The smallest absolute Gasteiger partial charge is 0.222 e. The van der Waals surface area contributed by atoms with Crippen molar-refractivity contribution in [2.45, 2.75) is 32.3 Å². The lowest BCUT2D eigenvalue weighted by Crippen LogP contribution is -2.36. The summed E-state index contributed by atoms with van der Waals surface area (Å²) in [5.41, 5.74) is 0. The Labute approximate surface area is 110 Å². The highest BCUT2D eigenvalue weighted by Crippen LogP contribution is 2.07. The first-order chi connectivity index (χ1) is 8.63. The molecule has 1 atom stereocenters. The number of methoxy groups -OCH3 is 1. The number of ether oxygens (including phenoxy) is 1. The summed E-state index contributed by atoms with van der Waals surface area (Å²) < 4.78 is 5.07. The minimum Gasteiger partial charge on any atom is -0.393 e. The van der Waals surface area contributed by atoms with E-state index in [0.717, 1.165) is 45.8 Å². The molecule has 5 nitrogen and oxygen atoms in total. The van der Waals surface area contributed by atoms with Crippen LogP contribution in [0.15, 0.2) is 0 Å². The van der Waals surface area contributed by atoms with Crippen LogP contribution < -0.4 is 0 Å². The van der Waals surface area contributed by atoms with Gasteiger partial charge in [0.05, 0.1) is 12.7 Å². The monoisotopic (exact) mass is 258 g/mol. The Morgan fingerprint density at radius 2 is 2.11 bits per heavy atom. The van der Waals surface area contributed by atoms with E-state index in [1.807, 2.05) is 4.90 Å². The van der Waals surface area contributed by atoms with Gasteiger partial charge in [0.25, 0.3) is 0 Å². The summed E-state index contributed by atoms with van der Waals surface area (Å²) in [6.45, 7) is 6.99. The fourth-order valence-electron chi connectivity index (χ4n) is 2.15. The second-order valence-corrected chi connectivity index (χ2v) is 4.96. The summed E-state index contributed by atoms with van der Waals surface area (Å²) in [6, 6.07) is 0. The molecule has 1 N–H and O–H groups in total. The molecule has 0 aromatic heterocycles. The molecule has 0 aromatic carbocycles. The lowest BCUT2D eigenvalue weighted by atomic mass is 10.2. The zero-order valence-corrected chi connectivity index (χ0v) is 11.6. The van der Waals surface area contributed by atoms with Crippen molar-refractivity contribution in [2.24, 2.45) is 0 Å². The van der Waals surface area contributed by atoms with Gasteiger partial charge in [-0.25, -0.2) is 0 Å². The van der Waals surface area contributed by atoms with Crippen molar-refractivity contribution in [3.8, 4) is 0 Å². The number of amides is 1. The van der Waals surface area contributed by atoms with Crippen LogP contribution in [0.5, 0.6) is 0 Å². The predicted molar refractivity (Wildman–Crippen MR) is 70.4 cm³/mol. The Balaban J connectivity index is 2.29. The maximum Gasteiger partial charge on any atom is 0.222 e. The second kappa shape index (κ2) is 8.45. The number of aliphatic hydroxyl groups is 1. The molecule has 1 rings (SSSR count). The molecule has 1 amide bonds. The molecule has 5 heteroatoms. The third-order valence-electron chi connectivity index (χ3n) is 3.33. The van der Waals surface area contributed by atoms with E-state index in [9.17, 15) is 9.90 Å². The largest absolute Gasteiger partial charge is 0.393 e. The van der Waals surface area contributed by atoms with E-state index in [-0.39, 0.29) is 12.0 Å². The first kappa shape index (κ1) is 15.4. The number of hydrogen-bond donors (Lipinski definition) is 1. The molecular formula is C13H26N2O3. The van der Waals surface area contributed by atoms with E-state index in [2.05, 4.69) is 4.90 Å². The van der Waals surface area contributed by atoms with Crippen LogP contribution in [0.3, 0.4) is 0 Å². The minimum atomic E-state index is -0.390. The minimum absolute atomic E-state index is 0.171. The first-order valence-corrected chi connectivity index (χ1v) is 6.80. The molecule has 0 spiro atoms. The average Bonchev–Trinajstić information content (AvgIpc) is 2.58. The molecule has 0 aromatic rings. The molecule has 0 aliphatic carbocycles. The highest BCUT2D eigenvalue weighted by molar-refractivity contribution is 5.76. The summed E-state index contributed by atoms with van der Waals surface area (Å²) in [6.07, 6.45) is 1.64. The van der Waals surface area contributed by atoms with Crippen LogP contribution in [0.4, 0.5) is 0 Å². The quantitative estimate of drug-likeness (QED) is 0.746. The van der Waals surface area contributed by atoms with Crippen molar-refractivity contribution in [1.82, 2.24) is 9.80 Å². The zero-order chi connectivity index (χ0) is 13.4. The van der Waals surface area contributed by atoms with E-state index in [1.54, 1.807) is 14.0 Å². The molecule has 1 aliphatic rings. The van der Waals surface area contributed by atoms with Gasteiger partial charge >= 0.3 is 0 Å². The Kier molecular flexibility index (Phi) is 7.23.